The number of fused-ring (bicyclic) bond motifs is 1. The van der Waals surface area contributed by atoms with Gasteiger partial charge in [-0.3, -0.25) is 4.98 Å². The van der Waals surface area contributed by atoms with Crippen LogP contribution in [-0.4, -0.2) is 37.4 Å². The number of nitrogens with zero attached hydrogens (tertiary/aromatic N) is 5. The summed E-state index contributed by atoms with van der Waals surface area (Å²) < 4.78 is 1.64. The summed E-state index contributed by atoms with van der Waals surface area (Å²) in [5.41, 5.74) is 0.724. The zero-order chi connectivity index (χ0) is 13.0. The van der Waals surface area contributed by atoms with E-state index in [1.54, 1.807) is 16.9 Å². The lowest BCUT2D eigenvalue weighted by Crippen LogP contribution is -2.31. The molecule has 6 nitrogen and oxygen atoms in total. The normalized spacial score (nSPS) is 11.9. The maximum Gasteiger partial charge on any atom is 0.199 e. The first-order chi connectivity index (χ1) is 8.74. The Morgan fingerprint density at radius 2 is 2.11 bits per heavy atom. The lowest BCUT2D eigenvalue weighted by Gasteiger charge is -2.29. The summed E-state index contributed by atoms with van der Waals surface area (Å²) in [7, 11) is 0. The summed E-state index contributed by atoms with van der Waals surface area (Å²) in [5.74, 6) is 1.42. The SMILES string of the molecule is CCC(CC)(CCl)CNc1cncc2nnnn12. The van der Waals surface area contributed by atoms with E-state index in [0.717, 1.165) is 25.2 Å². The van der Waals surface area contributed by atoms with E-state index in [9.17, 15) is 0 Å². The van der Waals surface area contributed by atoms with Gasteiger partial charge in [-0.15, -0.1) is 16.7 Å². The Balaban J connectivity index is 2.17. The lowest BCUT2D eigenvalue weighted by molar-refractivity contribution is 0.326. The number of anilines is 1. The molecule has 2 heterocycles. The Labute approximate surface area is 111 Å². The van der Waals surface area contributed by atoms with Gasteiger partial charge in [-0.1, -0.05) is 13.8 Å². The van der Waals surface area contributed by atoms with Gasteiger partial charge in [0.15, 0.2) is 5.65 Å². The highest BCUT2D eigenvalue weighted by molar-refractivity contribution is 6.18. The van der Waals surface area contributed by atoms with Gasteiger partial charge in [0.05, 0.1) is 12.4 Å². The highest BCUT2D eigenvalue weighted by Crippen LogP contribution is 2.28. The first-order valence-electron chi connectivity index (χ1n) is 6.06. The molecule has 0 atom stereocenters. The third-order valence-corrected chi connectivity index (χ3v) is 4.10. The van der Waals surface area contributed by atoms with Crippen LogP contribution in [0.5, 0.6) is 0 Å². The maximum atomic E-state index is 6.09. The van der Waals surface area contributed by atoms with Crippen molar-refractivity contribution in [2.24, 2.45) is 5.41 Å². The fourth-order valence-corrected chi connectivity index (χ4v) is 2.28. The number of hydrogen-bond donors (Lipinski definition) is 1. The fraction of sp³-hybridized carbons (Fsp3) is 0.636. The van der Waals surface area contributed by atoms with Crippen molar-refractivity contribution >= 4 is 23.1 Å². The summed E-state index contributed by atoms with van der Waals surface area (Å²) in [6.45, 7) is 5.09. The monoisotopic (exact) mass is 268 g/mol. The second-order valence-corrected chi connectivity index (χ2v) is 4.70. The third kappa shape index (κ3) is 2.38. The Morgan fingerprint density at radius 1 is 1.33 bits per heavy atom. The smallest absolute Gasteiger partial charge is 0.199 e. The van der Waals surface area contributed by atoms with Crippen molar-refractivity contribution in [2.45, 2.75) is 26.7 Å². The van der Waals surface area contributed by atoms with Gasteiger partial charge in [0, 0.05) is 17.8 Å². The zero-order valence-electron chi connectivity index (χ0n) is 10.6. The minimum atomic E-state index is 0.0950. The molecule has 2 aromatic rings. The van der Waals surface area contributed by atoms with Crippen molar-refractivity contribution < 1.29 is 0 Å². The van der Waals surface area contributed by atoms with Crippen LogP contribution < -0.4 is 5.32 Å². The molecule has 0 radical (unpaired) electrons. The first kappa shape index (κ1) is 13.0. The number of hydrogen-bond acceptors (Lipinski definition) is 5. The van der Waals surface area contributed by atoms with Crippen molar-refractivity contribution in [1.82, 2.24) is 25.0 Å². The topological polar surface area (TPSA) is 68.0 Å². The number of halogens is 1. The minimum Gasteiger partial charge on any atom is -0.368 e. The minimum absolute atomic E-state index is 0.0950. The van der Waals surface area contributed by atoms with Crippen LogP contribution in [-0.2, 0) is 0 Å². The number of rotatable bonds is 6. The van der Waals surface area contributed by atoms with Crippen LogP contribution in [0.15, 0.2) is 12.4 Å². The van der Waals surface area contributed by atoms with Gasteiger partial charge in [-0.25, -0.2) is 0 Å². The van der Waals surface area contributed by atoms with Gasteiger partial charge in [0.1, 0.15) is 5.82 Å². The molecule has 0 aromatic carbocycles. The number of nitrogens with one attached hydrogen (secondary N) is 1. The van der Waals surface area contributed by atoms with Crippen LogP contribution in [0.4, 0.5) is 5.82 Å². The average Bonchev–Trinajstić information content (AvgIpc) is 2.90. The fourth-order valence-electron chi connectivity index (χ4n) is 1.81. The molecule has 98 valence electrons. The van der Waals surface area contributed by atoms with E-state index < -0.39 is 0 Å². The van der Waals surface area contributed by atoms with Gasteiger partial charge in [-0.2, -0.15) is 4.52 Å². The van der Waals surface area contributed by atoms with Gasteiger partial charge < -0.3 is 5.32 Å². The molecule has 0 unspecified atom stereocenters. The van der Waals surface area contributed by atoms with Crippen molar-refractivity contribution in [3.05, 3.63) is 12.4 Å². The number of tetrazole rings is 1. The molecule has 0 spiro atoms. The highest BCUT2D eigenvalue weighted by atomic mass is 35.5. The first-order valence-corrected chi connectivity index (χ1v) is 6.60. The average molecular weight is 269 g/mol. The molecule has 0 amide bonds. The largest absolute Gasteiger partial charge is 0.368 e. The number of aromatic nitrogens is 5. The summed E-state index contributed by atoms with van der Waals surface area (Å²) in [6.07, 6.45) is 5.39. The predicted octanol–water partition coefficient (Wildman–Crippen LogP) is 1.98. The Kier molecular flexibility index (Phi) is 3.96. The molecule has 0 bridgehead atoms. The van der Waals surface area contributed by atoms with Crippen LogP contribution in [0.2, 0.25) is 0 Å². The van der Waals surface area contributed by atoms with Crippen molar-refractivity contribution in [3.8, 4) is 0 Å². The molecule has 2 aromatic heterocycles. The molecular weight excluding hydrogens is 252 g/mol. The molecule has 2 rings (SSSR count). The van der Waals surface area contributed by atoms with Crippen molar-refractivity contribution in [2.75, 3.05) is 17.7 Å². The van der Waals surface area contributed by atoms with Crippen LogP contribution in [0.1, 0.15) is 26.7 Å². The van der Waals surface area contributed by atoms with E-state index in [1.807, 2.05) is 0 Å². The van der Waals surface area contributed by atoms with E-state index in [0.29, 0.717) is 11.5 Å². The molecule has 0 aliphatic rings. The molecule has 0 fully saturated rings. The Bertz CT molecular complexity index is 499. The predicted molar refractivity (Wildman–Crippen MR) is 70.8 cm³/mol. The van der Waals surface area contributed by atoms with E-state index in [2.05, 4.69) is 39.7 Å². The van der Waals surface area contributed by atoms with E-state index in [4.69, 9.17) is 11.6 Å². The van der Waals surface area contributed by atoms with Gasteiger partial charge in [0.25, 0.3) is 0 Å². The van der Waals surface area contributed by atoms with Crippen LogP contribution >= 0.6 is 11.6 Å². The summed E-state index contributed by atoms with van der Waals surface area (Å²) in [6, 6.07) is 0. The van der Waals surface area contributed by atoms with E-state index in [-0.39, 0.29) is 5.41 Å². The van der Waals surface area contributed by atoms with E-state index in [1.165, 1.54) is 0 Å². The summed E-state index contributed by atoms with van der Waals surface area (Å²) in [4.78, 5) is 4.10. The van der Waals surface area contributed by atoms with Crippen molar-refractivity contribution in [1.29, 1.82) is 0 Å². The molecule has 0 saturated heterocycles. The maximum absolute atomic E-state index is 6.09. The molecule has 0 saturated carbocycles. The summed E-state index contributed by atoms with van der Waals surface area (Å²) in [5, 5.41) is 14.7. The quantitative estimate of drug-likeness (QED) is 0.812. The number of alkyl halides is 1. The Hall–Kier alpha value is -1.43. The third-order valence-electron chi connectivity index (χ3n) is 3.54. The van der Waals surface area contributed by atoms with Crippen LogP contribution in [0, 0.1) is 5.41 Å². The Morgan fingerprint density at radius 3 is 2.78 bits per heavy atom. The highest BCUT2D eigenvalue weighted by Gasteiger charge is 2.25. The molecule has 7 heteroatoms. The summed E-state index contributed by atoms with van der Waals surface area (Å²) >= 11 is 6.09. The second kappa shape index (κ2) is 5.48. The molecular formula is C11H17ClN6. The molecule has 1 N–H and O–H groups in total. The lowest BCUT2D eigenvalue weighted by atomic mass is 9.84. The zero-order valence-corrected chi connectivity index (χ0v) is 11.4. The van der Waals surface area contributed by atoms with Crippen molar-refractivity contribution in [3.63, 3.8) is 0 Å². The van der Waals surface area contributed by atoms with Crippen LogP contribution in [0.3, 0.4) is 0 Å². The van der Waals surface area contributed by atoms with Gasteiger partial charge >= 0.3 is 0 Å². The molecule has 0 aliphatic carbocycles. The van der Waals surface area contributed by atoms with E-state index >= 15 is 0 Å². The van der Waals surface area contributed by atoms with Crippen LogP contribution in [0.25, 0.3) is 5.65 Å². The molecule has 18 heavy (non-hydrogen) atoms. The molecule has 0 aliphatic heterocycles. The van der Waals surface area contributed by atoms with Gasteiger partial charge in [0.2, 0.25) is 0 Å². The van der Waals surface area contributed by atoms with Gasteiger partial charge in [-0.05, 0) is 23.3 Å². The standard InChI is InChI=1S/C11H17ClN6/c1-3-11(4-2,7-12)8-14-9-5-13-6-10-15-16-17-18(9)10/h5-6,14H,3-4,7-8H2,1-2H3. The second-order valence-electron chi connectivity index (χ2n) is 4.44.